The molecule has 1 fully saturated rings. The number of nitrogens with one attached hydrogen (secondary N) is 2. The van der Waals surface area contributed by atoms with Crippen molar-refractivity contribution in [3.05, 3.63) is 30.3 Å². The van der Waals surface area contributed by atoms with Gasteiger partial charge in [-0.2, -0.15) is 0 Å². The smallest absolute Gasteiger partial charge is 0.191 e. The molecule has 1 aliphatic carbocycles. The van der Waals surface area contributed by atoms with Crippen LogP contribution in [0.1, 0.15) is 25.7 Å². The Labute approximate surface area is 174 Å². The predicted molar refractivity (Wildman–Crippen MR) is 115 cm³/mol. The lowest BCUT2D eigenvalue weighted by Gasteiger charge is -2.15. The number of aromatic nitrogens is 1. The quantitative estimate of drug-likeness (QED) is 0.478. The van der Waals surface area contributed by atoms with E-state index in [9.17, 15) is 0 Å². The van der Waals surface area contributed by atoms with Gasteiger partial charge in [-0.3, -0.25) is 0 Å². The zero-order valence-electron chi connectivity index (χ0n) is 16.8. The topological polar surface area (TPSA) is 77.8 Å². The van der Waals surface area contributed by atoms with Crippen LogP contribution >= 0.6 is 11.9 Å². The molecule has 1 aromatic heterocycles. The van der Waals surface area contributed by atoms with Crippen molar-refractivity contribution in [3.63, 3.8) is 0 Å². The third-order valence-electron chi connectivity index (χ3n) is 5.12. The van der Waals surface area contributed by atoms with Gasteiger partial charge in [-0.25, -0.2) is 0 Å². The van der Waals surface area contributed by atoms with E-state index in [0.29, 0.717) is 34.7 Å². The number of hydrogen-bond acceptors (Lipinski definition) is 8. The first-order valence-electron chi connectivity index (χ1n) is 9.61. The van der Waals surface area contributed by atoms with Gasteiger partial charge in [0.05, 0.1) is 21.3 Å². The highest BCUT2D eigenvalue weighted by Crippen LogP contribution is 2.41. The van der Waals surface area contributed by atoms with Crippen LogP contribution in [-0.2, 0) is 0 Å². The van der Waals surface area contributed by atoms with Gasteiger partial charge in [-0.15, -0.1) is 0 Å². The SMILES string of the molecule is COc1cccc(OC)c1SNc1noc2cc(NC3CCCC3)cc(OC)c12. The third kappa shape index (κ3) is 4.03. The molecule has 0 amide bonds. The highest BCUT2D eigenvalue weighted by Gasteiger charge is 2.20. The lowest BCUT2D eigenvalue weighted by atomic mass is 10.2. The Hall–Kier alpha value is -2.74. The molecular weight excluding hydrogens is 390 g/mol. The molecule has 0 saturated heterocycles. The Kier molecular flexibility index (Phi) is 5.89. The lowest BCUT2D eigenvalue weighted by molar-refractivity contribution is 0.376. The van der Waals surface area contributed by atoms with Crippen molar-refractivity contribution in [2.45, 2.75) is 36.6 Å². The van der Waals surface area contributed by atoms with Crippen molar-refractivity contribution in [3.8, 4) is 17.2 Å². The van der Waals surface area contributed by atoms with E-state index in [1.807, 2.05) is 30.3 Å². The van der Waals surface area contributed by atoms with Gasteiger partial charge in [0.25, 0.3) is 0 Å². The first-order valence-corrected chi connectivity index (χ1v) is 10.4. The number of anilines is 2. The summed E-state index contributed by atoms with van der Waals surface area (Å²) < 4.78 is 25.4. The van der Waals surface area contributed by atoms with Gasteiger partial charge in [0.15, 0.2) is 11.4 Å². The second-order valence-electron chi connectivity index (χ2n) is 6.90. The molecule has 0 unspecified atom stereocenters. The average Bonchev–Trinajstić information content (AvgIpc) is 3.41. The lowest BCUT2D eigenvalue weighted by Crippen LogP contribution is -2.14. The second-order valence-corrected chi connectivity index (χ2v) is 7.72. The predicted octanol–water partition coefficient (Wildman–Crippen LogP) is 5.33. The third-order valence-corrected chi connectivity index (χ3v) is 6.02. The van der Waals surface area contributed by atoms with Crippen molar-refractivity contribution < 1.29 is 18.7 Å². The number of ether oxygens (including phenoxy) is 3. The molecule has 7 nitrogen and oxygen atoms in total. The van der Waals surface area contributed by atoms with Crippen LogP contribution in [0, 0.1) is 0 Å². The van der Waals surface area contributed by atoms with Gasteiger partial charge in [-0.1, -0.05) is 24.1 Å². The summed E-state index contributed by atoms with van der Waals surface area (Å²) in [6.07, 6.45) is 4.94. The first-order chi connectivity index (χ1) is 14.2. The maximum absolute atomic E-state index is 5.63. The number of rotatable bonds is 8. The van der Waals surface area contributed by atoms with E-state index in [0.717, 1.165) is 16.0 Å². The molecule has 3 aromatic rings. The summed E-state index contributed by atoms with van der Waals surface area (Å²) in [5, 5.41) is 8.58. The van der Waals surface area contributed by atoms with E-state index in [1.165, 1.54) is 37.6 Å². The Bertz CT molecular complexity index is 963. The van der Waals surface area contributed by atoms with Crippen LogP contribution in [0.3, 0.4) is 0 Å². The first kappa shape index (κ1) is 19.6. The summed E-state index contributed by atoms with van der Waals surface area (Å²) in [6, 6.07) is 10.1. The molecule has 0 aliphatic heterocycles. The van der Waals surface area contributed by atoms with E-state index < -0.39 is 0 Å². The fraction of sp³-hybridized carbons (Fsp3) is 0.381. The highest BCUT2D eigenvalue weighted by molar-refractivity contribution is 8.00. The van der Waals surface area contributed by atoms with Crippen molar-refractivity contribution in [1.29, 1.82) is 0 Å². The molecule has 0 atom stereocenters. The Morgan fingerprint density at radius 1 is 1.00 bits per heavy atom. The molecule has 2 aromatic carbocycles. The van der Waals surface area contributed by atoms with Gasteiger partial charge < -0.3 is 28.8 Å². The Balaban J connectivity index is 1.60. The van der Waals surface area contributed by atoms with Gasteiger partial charge in [0, 0.05) is 23.9 Å². The summed E-state index contributed by atoms with van der Waals surface area (Å²) in [5.74, 6) is 2.72. The molecule has 29 heavy (non-hydrogen) atoms. The Morgan fingerprint density at radius 3 is 2.34 bits per heavy atom. The average molecular weight is 416 g/mol. The van der Waals surface area contributed by atoms with E-state index in [2.05, 4.69) is 15.2 Å². The van der Waals surface area contributed by atoms with E-state index in [1.54, 1.807) is 21.3 Å². The normalized spacial score (nSPS) is 14.2. The molecule has 4 rings (SSSR count). The van der Waals surface area contributed by atoms with Gasteiger partial charge in [0.2, 0.25) is 0 Å². The molecule has 154 valence electrons. The molecule has 0 radical (unpaired) electrons. The van der Waals surface area contributed by atoms with Crippen LogP contribution < -0.4 is 24.2 Å². The van der Waals surface area contributed by atoms with Crippen LogP contribution in [0.15, 0.2) is 39.8 Å². The Morgan fingerprint density at radius 2 is 1.69 bits per heavy atom. The number of methoxy groups -OCH3 is 3. The van der Waals surface area contributed by atoms with Crippen molar-refractivity contribution >= 4 is 34.4 Å². The standard InChI is InChI=1S/C21H25N3O4S/c1-25-15-9-6-10-16(26-2)20(15)29-24-21-19-17(27-3)11-14(12-18(19)28-23-21)22-13-7-4-5-8-13/h6,9-13,22H,4-5,7-8H2,1-3H3,(H,23,24). The number of nitrogens with zero attached hydrogens (tertiary/aromatic N) is 1. The largest absolute Gasteiger partial charge is 0.496 e. The maximum atomic E-state index is 5.63. The monoisotopic (exact) mass is 415 g/mol. The van der Waals surface area contributed by atoms with E-state index >= 15 is 0 Å². The zero-order chi connectivity index (χ0) is 20.2. The van der Waals surface area contributed by atoms with Crippen molar-refractivity contribution in [1.82, 2.24) is 5.16 Å². The molecule has 8 heteroatoms. The molecular formula is C21H25N3O4S. The van der Waals surface area contributed by atoms with Crippen LogP contribution in [-0.4, -0.2) is 32.5 Å². The van der Waals surface area contributed by atoms with E-state index in [4.69, 9.17) is 18.7 Å². The number of benzene rings is 2. The van der Waals surface area contributed by atoms with Gasteiger partial charge in [-0.05, 0) is 36.9 Å². The minimum atomic E-state index is 0.506. The molecule has 1 saturated carbocycles. The zero-order valence-corrected chi connectivity index (χ0v) is 17.6. The van der Waals surface area contributed by atoms with Gasteiger partial charge in [0.1, 0.15) is 27.5 Å². The number of hydrogen-bond donors (Lipinski definition) is 2. The number of fused-ring (bicyclic) bond motifs is 1. The van der Waals surface area contributed by atoms with E-state index in [-0.39, 0.29) is 0 Å². The molecule has 0 spiro atoms. The molecule has 0 bridgehead atoms. The second kappa shape index (κ2) is 8.73. The maximum Gasteiger partial charge on any atom is 0.191 e. The fourth-order valence-electron chi connectivity index (χ4n) is 3.67. The summed E-state index contributed by atoms with van der Waals surface area (Å²) in [4.78, 5) is 0.826. The fourth-order valence-corrected chi connectivity index (χ4v) is 4.51. The van der Waals surface area contributed by atoms with Crippen molar-refractivity contribution in [2.24, 2.45) is 0 Å². The summed E-state index contributed by atoms with van der Waals surface area (Å²) >= 11 is 1.35. The highest BCUT2D eigenvalue weighted by atomic mass is 32.2. The molecule has 1 aliphatic rings. The summed E-state index contributed by atoms with van der Waals surface area (Å²) in [7, 11) is 4.92. The minimum Gasteiger partial charge on any atom is -0.496 e. The van der Waals surface area contributed by atoms with Crippen LogP contribution in [0.4, 0.5) is 11.5 Å². The summed E-state index contributed by atoms with van der Waals surface area (Å²) in [6.45, 7) is 0. The molecule has 1 heterocycles. The van der Waals surface area contributed by atoms with Crippen LogP contribution in [0.25, 0.3) is 11.0 Å². The minimum absolute atomic E-state index is 0.506. The van der Waals surface area contributed by atoms with Gasteiger partial charge >= 0.3 is 0 Å². The van der Waals surface area contributed by atoms with Crippen LogP contribution in [0.2, 0.25) is 0 Å². The van der Waals surface area contributed by atoms with Crippen LogP contribution in [0.5, 0.6) is 17.2 Å². The van der Waals surface area contributed by atoms with Crippen molar-refractivity contribution in [2.75, 3.05) is 31.4 Å². The molecule has 2 N–H and O–H groups in total. The summed E-state index contributed by atoms with van der Waals surface area (Å²) in [5.41, 5.74) is 1.66.